The molecule has 8 heteroatoms. The van der Waals surface area contributed by atoms with Gasteiger partial charge >= 0.3 is 7.60 Å². The van der Waals surface area contributed by atoms with Crippen molar-refractivity contribution in [1.29, 1.82) is 0 Å². The zero-order valence-corrected chi connectivity index (χ0v) is 19.6. The van der Waals surface area contributed by atoms with Gasteiger partial charge in [0.25, 0.3) is 0 Å². The number of phenolic OH excluding ortho intramolecular Hbond substituents is 1. The van der Waals surface area contributed by atoms with Crippen molar-refractivity contribution in [1.82, 2.24) is 4.98 Å². The van der Waals surface area contributed by atoms with Gasteiger partial charge in [0.15, 0.2) is 17.2 Å². The molecule has 0 amide bonds. The average molecular weight is 437 g/mol. The number of hydrogen-bond donors (Lipinski definition) is 1. The van der Waals surface area contributed by atoms with Gasteiger partial charge in [-0.05, 0) is 50.5 Å². The van der Waals surface area contributed by atoms with Crippen LogP contribution in [0, 0.1) is 5.92 Å². The number of rotatable bonds is 10. The van der Waals surface area contributed by atoms with Crippen LogP contribution in [0.1, 0.15) is 45.7 Å². The van der Waals surface area contributed by atoms with Gasteiger partial charge in [-0.1, -0.05) is 13.8 Å². The SMILES string of the molecule is COc1cc(Cc2ccncc2OP(=O)(OC(C)C)C(C)C(C)C)cc(OC)c1O. The summed E-state index contributed by atoms with van der Waals surface area (Å²) in [7, 11) is -0.488. The number of methoxy groups -OCH3 is 2. The lowest BCUT2D eigenvalue weighted by atomic mass is 10.0. The second-order valence-corrected chi connectivity index (χ2v) is 10.1. The molecule has 7 nitrogen and oxygen atoms in total. The Morgan fingerprint density at radius 3 is 2.13 bits per heavy atom. The average Bonchev–Trinajstić information content (AvgIpc) is 2.69. The Morgan fingerprint density at radius 2 is 1.63 bits per heavy atom. The minimum Gasteiger partial charge on any atom is -0.502 e. The summed E-state index contributed by atoms with van der Waals surface area (Å²) in [5.41, 5.74) is 1.32. The maximum absolute atomic E-state index is 13.6. The fourth-order valence-electron chi connectivity index (χ4n) is 2.90. The van der Waals surface area contributed by atoms with Crippen LogP contribution in [-0.2, 0) is 15.5 Å². The van der Waals surface area contributed by atoms with Crippen molar-refractivity contribution in [2.45, 2.75) is 52.8 Å². The number of ether oxygens (including phenoxy) is 2. The topological polar surface area (TPSA) is 87.1 Å². The first-order valence-corrected chi connectivity index (χ1v) is 11.6. The van der Waals surface area contributed by atoms with E-state index in [1.807, 2.05) is 34.6 Å². The van der Waals surface area contributed by atoms with Crippen molar-refractivity contribution in [3.05, 3.63) is 41.7 Å². The number of hydrogen-bond acceptors (Lipinski definition) is 7. The summed E-state index contributed by atoms with van der Waals surface area (Å²) in [5.74, 6) is 1.07. The van der Waals surface area contributed by atoms with Crippen molar-refractivity contribution >= 4 is 7.60 Å². The lowest BCUT2D eigenvalue weighted by molar-refractivity contribution is 0.199. The quantitative estimate of drug-likeness (QED) is 0.496. The van der Waals surface area contributed by atoms with E-state index in [2.05, 4.69) is 4.98 Å². The molecule has 30 heavy (non-hydrogen) atoms. The Labute approximate surface area is 178 Å². The molecule has 1 aromatic heterocycles. The number of nitrogens with zero attached hydrogens (tertiary/aromatic N) is 1. The molecule has 1 aromatic carbocycles. The van der Waals surface area contributed by atoms with Gasteiger partial charge in [0.05, 0.1) is 32.2 Å². The zero-order valence-electron chi connectivity index (χ0n) is 18.7. The van der Waals surface area contributed by atoms with Crippen LogP contribution in [0.15, 0.2) is 30.6 Å². The summed E-state index contributed by atoms with van der Waals surface area (Å²) in [6, 6.07) is 5.26. The Kier molecular flexibility index (Phi) is 8.16. The van der Waals surface area contributed by atoms with Crippen LogP contribution in [0.3, 0.4) is 0 Å². The molecule has 2 aromatic rings. The minimum absolute atomic E-state index is 0.0597. The highest BCUT2D eigenvalue weighted by Gasteiger charge is 2.37. The van der Waals surface area contributed by atoms with Gasteiger partial charge in [0, 0.05) is 18.2 Å². The smallest absolute Gasteiger partial charge is 0.382 e. The van der Waals surface area contributed by atoms with Gasteiger partial charge in [-0.15, -0.1) is 0 Å². The molecule has 166 valence electrons. The van der Waals surface area contributed by atoms with Gasteiger partial charge in [0.2, 0.25) is 5.75 Å². The van der Waals surface area contributed by atoms with E-state index < -0.39 is 7.60 Å². The first-order valence-electron chi connectivity index (χ1n) is 9.95. The molecule has 2 unspecified atom stereocenters. The largest absolute Gasteiger partial charge is 0.502 e. The van der Waals surface area contributed by atoms with Crippen molar-refractivity contribution in [2.75, 3.05) is 14.2 Å². The van der Waals surface area contributed by atoms with Gasteiger partial charge < -0.3 is 19.1 Å². The van der Waals surface area contributed by atoms with Crippen molar-refractivity contribution in [3.63, 3.8) is 0 Å². The van der Waals surface area contributed by atoms with Crippen LogP contribution in [0.5, 0.6) is 23.0 Å². The first kappa shape index (κ1) is 24.0. The van der Waals surface area contributed by atoms with E-state index in [4.69, 9.17) is 18.5 Å². The highest BCUT2D eigenvalue weighted by atomic mass is 31.2. The molecule has 0 saturated heterocycles. The number of aromatic nitrogens is 1. The zero-order chi connectivity index (χ0) is 22.5. The molecule has 2 atom stereocenters. The van der Waals surface area contributed by atoms with Crippen LogP contribution < -0.4 is 14.0 Å². The maximum atomic E-state index is 13.6. The van der Waals surface area contributed by atoms with Crippen LogP contribution in [0.25, 0.3) is 0 Å². The Balaban J connectivity index is 2.42. The number of pyridine rings is 1. The van der Waals surface area contributed by atoms with Crippen LogP contribution in [-0.4, -0.2) is 36.1 Å². The summed E-state index contributed by atoms with van der Waals surface area (Å²) in [6.45, 7) is 9.52. The summed E-state index contributed by atoms with van der Waals surface area (Å²) < 4.78 is 35.9. The Morgan fingerprint density at radius 1 is 1.03 bits per heavy atom. The lowest BCUT2D eigenvalue weighted by Crippen LogP contribution is -2.20. The molecule has 0 aliphatic carbocycles. The molecule has 0 fully saturated rings. The molecule has 0 saturated carbocycles. The maximum Gasteiger partial charge on any atom is 0.382 e. The van der Waals surface area contributed by atoms with Crippen LogP contribution in [0.2, 0.25) is 0 Å². The summed E-state index contributed by atoms with van der Waals surface area (Å²) >= 11 is 0. The lowest BCUT2D eigenvalue weighted by Gasteiger charge is -2.29. The molecule has 0 aliphatic rings. The third kappa shape index (κ3) is 5.67. The molecule has 1 heterocycles. The number of benzene rings is 1. The van der Waals surface area contributed by atoms with Gasteiger partial charge in [-0.2, -0.15) is 0 Å². The van der Waals surface area contributed by atoms with Crippen LogP contribution in [0.4, 0.5) is 0 Å². The third-order valence-electron chi connectivity index (χ3n) is 4.85. The van der Waals surface area contributed by atoms with E-state index in [9.17, 15) is 9.67 Å². The fourth-order valence-corrected chi connectivity index (χ4v) is 5.06. The predicted molar refractivity (Wildman–Crippen MR) is 117 cm³/mol. The van der Waals surface area contributed by atoms with E-state index in [1.165, 1.54) is 14.2 Å². The van der Waals surface area contributed by atoms with Crippen molar-refractivity contribution < 1.29 is 28.2 Å². The Hall–Kier alpha value is -2.24. The molecule has 2 rings (SSSR count). The van der Waals surface area contributed by atoms with Crippen LogP contribution >= 0.6 is 7.60 Å². The van der Waals surface area contributed by atoms with Gasteiger partial charge in [-0.25, -0.2) is 4.57 Å². The third-order valence-corrected chi connectivity index (χ3v) is 7.61. The molecule has 1 N–H and O–H groups in total. The highest BCUT2D eigenvalue weighted by Crippen LogP contribution is 2.56. The Bertz CT molecular complexity index is 874. The summed E-state index contributed by atoms with van der Waals surface area (Å²) in [4.78, 5) is 4.14. The molecule has 0 spiro atoms. The van der Waals surface area contributed by atoms with E-state index in [0.29, 0.717) is 23.7 Å². The predicted octanol–water partition coefficient (Wildman–Crippen LogP) is 5.44. The second kappa shape index (κ2) is 10.2. The van der Waals surface area contributed by atoms with Gasteiger partial charge in [0.1, 0.15) is 0 Å². The molecular formula is C22H32NO6P. The van der Waals surface area contributed by atoms with Crippen molar-refractivity contribution in [2.24, 2.45) is 5.92 Å². The molecule has 0 aliphatic heterocycles. The standard InChI is InChI=1S/C22H32NO6P/c1-14(2)16(5)30(25,28-15(3)4)29-21-13-23-9-8-18(21)10-17-11-19(26-6)22(24)20(12-17)27-7/h8-9,11-16,24H,10H2,1-7H3. The molecule has 0 radical (unpaired) electrons. The highest BCUT2D eigenvalue weighted by molar-refractivity contribution is 7.55. The normalized spacial score (nSPS) is 14.4. The number of aromatic hydroxyl groups is 1. The second-order valence-electron chi connectivity index (χ2n) is 7.78. The summed E-state index contributed by atoms with van der Waals surface area (Å²) in [5, 5.41) is 10.1. The minimum atomic E-state index is -3.44. The van der Waals surface area contributed by atoms with E-state index in [0.717, 1.165) is 11.1 Å². The molecular weight excluding hydrogens is 405 g/mol. The summed E-state index contributed by atoms with van der Waals surface area (Å²) in [6.07, 6.45) is 3.38. The van der Waals surface area contributed by atoms with Gasteiger partial charge in [-0.3, -0.25) is 9.51 Å². The van der Waals surface area contributed by atoms with E-state index in [1.54, 1.807) is 30.6 Å². The monoisotopic (exact) mass is 437 g/mol. The fraction of sp³-hybridized carbons (Fsp3) is 0.500. The number of phenols is 1. The van der Waals surface area contributed by atoms with E-state index >= 15 is 0 Å². The first-order chi connectivity index (χ1) is 14.1. The van der Waals surface area contributed by atoms with Crippen molar-refractivity contribution in [3.8, 4) is 23.0 Å². The van der Waals surface area contributed by atoms with E-state index in [-0.39, 0.29) is 23.4 Å². The molecule has 0 bridgehead atoms.